The second-order valence-corrected chi connectivity index (χ2v) is 4.79. The molecule has 3 nitrogen and oxygen atoms in total. The summed E-state index contributed by atoms with van der Waals surface area (Å²) in [5, 5.41) is 0.762. The molecular weight excluding hydrogens is 262 g/mol. The van der Waals surface area contributed by atoms with E-state index in [1.165, 1.54) is 0 Å². The molecule has 0 radical (unpaired) electrons. The number of hydrogen-bond acceptors (Lipinski definition) is 3. The molecule has 2 rings (SSSR count). The summed E-state index contributed by atoms with van der Waals surface area (Å²) >= 11 is 6.13. The van der Waals surface area contributed by atoms with Crippen LogP contribution in [0.4, 0.5) is 5.69 Å². The number of rotatable bonds is 3. The maximum atomic E-state index is 6.13. The first kappa shape index (κ1) is 13.6. The molecular formula is C15H16ClNO2. The van der Waals surface area contributed by atoms with Crippen LogP contribution < -0.4 is 15.2 Å². The third-order valence-electron chi connectivity index (χ3n) is 2.78. The van der Waals surface area contributed by atoms with Crippen LogP contribution in [0.15, 0.2) is 30.3 Å². The highest BCUT2D eigenvalue weighted by Gasteiger charge is 2.06. The van der Waals surface area contributed by atoms with Crippen LogP contribution in [-0.4, -0.2) is 7.11 Å². The van der Waals surface area contributed by atoms with Gasteiger partial charge in [-0.2, -0.15) is 0 Å². The summed E-state index contributed by atoms with van der Waals surface area (Å²) in [7, 11) is 1.59. The van der Waals surface area contributed by atoms with Crippen LogP contribution in [0, 0.1) is 13.8 Å². The number of aryl methyl sites for hydroxylation is 2. The lowest BCUT2D eigenvalue weighted by atomic mass is 10.1. The molecule has 2 N–H and O–H groups in total. The Bertz CT molecular complexity index is 588. The molecule has 0 saturated carbocycles. The summed E-state index contributed by atoms with van der Waals surface area (Å²) in [6, 6.07) is 9.07. The van der Waals surface area contributed by atoms with E-state index in [0.717, 1.165) is 21.9 Å². The first-order valence-corrected chi connectivity index (χ1v) is 6.26. The van der Waals surface area contributed by atoms with Gasteiger partial charge >= 0.3 is 0 Å². The quantitative estimate of drug-likeness (QED) is 0.849. The van der Waals surface area contributed by atoms with Crippen LogP contribution in [0.1, 0.15) is 11.1 Å². The molecule has 0 atom stereocenters. The van der Waals surface area contributed by atoms with Gasteiger partial charge in [-0.1, -0.05) is 11.6 Å². The van der Waals surface area contributed by atoms with Crippen molar-refractivity contribution in [3.63, 3.8) is 0 Å². The number of hydrogen-bond donors (Lipinski definition) is 1. The molecule has 2 aromatic rings. The van der Waals surface area contributed by atoms with Crippen LogP contribution in [0.3, 0.4) is 0 Å². The van der Waals surface area contributed by atoms with Gasteiger partial charge in [-0.3, -0.25) is 0 Å². The van der Waals surface area contributed by atoms with Crippen LogP contribution in [0.2, 0.25) is 5.02 Å². The molecule has 100 valence electrons. The van der Waals surface area contributed by atoms with E-state index >= 15 is 0 Å². The number of methoxy groups -OCH3 is 1. The Kier molecular flexibility index (Phi) is 3.86. The van der Waals surface area contributed by atoms with Gasteiger partial charge in [0.2, 0.25) is 0 Å². The molecule has 0 amide bonds. The lowest BCUT2D eigenvalue weighted by molar-refractivity contribution is 0.409. The fourth-order valence-electron chi connectivity index (χ4n) is 1.87. The van der Waals surface area contributed by atoms with Gasteiger partial charge in [0.25, 0.3) is 0 Å². The third kappa shape index (κ3) is 3.12. The summed E-state index contributed by atoms with van der Waals surface area (Å²) in [6.07, 6.45) is 0. The Labute approximate surface area is 117 Å². The van der Waals surface area contributed by atoms with Crippen molar-refractivity contribution in [2.45, 2.75) is 13.8 Å². The highest BCUT2D eigenvalue weighted by atomic mass is 35.5. The van der Waals surface area contributed by atoms with E-state index in [1.54, 1.807) is 25.3 Å². The zero-order valence-electron chi connectivity index (χ0n) is 11.2. The Morgan fingerprint density at radius 1 is 0.895 bits per heavy atom. The van der Waals surface area contributed by atoms with E-state index in [9.17, 15) is 0 Å². The molecule has 0 aliphatic carbocycles. The molecule has 0 aliphatic heterocycles. The number of anilines is 1. The van der Waals surface area contributed by atoms with Crippen LogP contribution >= 0.6 is 11.6 Å². The Balaban J connectivity index is 2.33. The minimum atomic E-state index is 0.594. The predicted octanol–water partition coefficient (Wildman–Crippen LogP) is 4.34. The maximum Gasteiger partial charge on any atom is 0.133 e. The van der Waals surface area contributed by atoms with Crippen molar-refractivity contribution in [3.05, 3.63) is 46.5 Å². The summed E-state index contributed by atoms with van der Waals surface area (Å²) < 4.78 is 11.0. The average molecular weight is 278 g/mol. The maximum absolute atomic E-state index is 6.13. The molecule has 0 spiro atoms. The van der Waals surface area contributed by atoms with Gasteiger partial charge in [0.05, 0.1) is 7.11 Å². The number of benzene rings is 2. The molecule has 0 aromatic heterocycles. The Morgan fingerprint density at radius 3 is 2.00 bits per heavy atom. The van der Waals surface area contributed by atoms with Crippen molar-refractivity contribution >= 4 is 17.3 Å². The van der Waals surface area contributed by atoms with E-state index in [-0.39, 0.29) is 0 Å². The van der Waals surface area contributed by atoms with Gasteiger partial charge in [-0.15, -0.1) is 0 Å². The standard InChI is InChI=1S/C15H16ClNO2/c1-9-4-13(5-10(2)15(9)16)19-14-7-11(17)6-12(8-14)18-3/h4-8H,17H2,1-3H3. The Hall–Kier alpha value is -1.87. The lowest BCUT2D eigenvalue weighted by Gasteiger charge is -2.11. The summed E-state index contributed by atoms with van der Waals surface area (Å²) in [4.78, 5) is 0. The van der Waals surface area contributed by atoms with Gasteiger partial charge in [0, 0.05) is 28.9 Å². The normalized spacial score (nSPS) is 10.3. The molecule has 19 heavy (non-hydrogen) atoms. The zero-order chi connectivity index (χ0) is 14.0. The van der Waals surface area contributed by atoms with Crippen molar-refractivity contribution in [1.29, 1.82) is 0 Å². The van der Waals surface area contributed by atoms with Crippen LogP contribution in [0.5, 0.6) is 17.2 Å². The second-order valence-electron chi connectivity index (χ2n) is 4.41. The fourth-order valence-corrected chi connectivity index (χ4v) is 1.98. The highest BCUT2D eigenvalue weighted by molar-refractivity contribution is 6.32. The van der Waals surface area contributed by atoms with E-state index in [4.69, 9.17) is 26.8 Å². The number of nitrogen functional groups attached to an aromatic ring is 1. The number of halogens is 1. The van der Waals surface area contributed by atoms with Crippen LogP contribution in [-0.2, 0) is 0 Å². The number of ether oxygens (including phenoxy) is 2. The SMILES string of the molecule is COc1cc(N)cc(Oc2cc(C)c(Cl)c(C)c2)c1. The largest absolute Gasteiger partial charge is 0.497 e. The summed E-state index contributed by atoms with van der Waals surface area (Å²) in [5.74, 6) is 2.03. The molecule has 0 unspecified atom stereocenters. The second kappa shape index (κ2) is 5.41. The first-order valence-electron chi connectivity index (χ1n) is 5.89. The van der Waals surface area contributed by atoms with E-state index in [0.29, 0.717) is 17.2 Å². The summed E-state index contributed by atoms with van der Waals surface area (Å²) in [5.41, 5.74) is 8.34. The third-order valence-corrected chi connectivity index (χ3v) is 3.38. The minimum Gasteiger partial charge on any atom is -0.497 e. The van der Waals surface area contributed by atoms with E-state index < -0.39 is 0 Å². The van der Waals surface area contributed by atoms with Crippen molar-refractivity contribution < 1.29 is 9.47 Å². The van der Waals surface area contributed by atoms with Crippen molar-refractivity contribution in [1.82, 2.24) is 0 Å². The van der Waals surface area contributed by atoms with E-state index in [2.05, 4.69) is 0 Å². The lowest BCUT2D eigenvalue weighted by Crippen LogP contribution is -1.92. The van der Waals surface area contributed by atoms with Crippen molar-refractivity contribution in [2.75, 3.05) is 12.8 Å². The zero-order valence-corrected chi connectivity index (χ0v) is 11.9. The van der Waals surface area contributed by atoms with Crippen molar-refractivity contribution in [2.24, 2.45) is 0 Å². The van der Waals surface area contributed by atoms with Gasteiger partial charge in [0.15, 0.2) is 0 Å². The van der Waals surface area contributed by atoms with Crippen LogP contribution in [0.25, 0.3) is 0 Å². The predicted molar refractivity (Wildman–Crippen MR) is 78.4 cm³/mol. The Morgan fingerprint density at radius 2 is 1.42 bits per heavy atom. The highest BCUT2D eigenvalue weighted by Crippen LogP contribution is 2.31. The fraction of sp³-hybridized carbons (Fsp3) is 0.200. The number of nitrogens with two attached hydrogens (primary N) is 1. The first-order chi connectivity index (χ1) is 8.99. The topological polar surface area (TPSA) is 44.5 Å². The average Bonchev–Trinajstić information content (AvgIpc) is 2.35. The molecule has 4 heteroatoms. The van der Waals surface area contributed by atoms with E-state index in [1.807, 2.05) is 26.0 Å². The van der Waals surface area contributed by atoms with Gasteiger partial charge < -0.3 is 15.2 Å². The van der Waals surface area contributed by atoms with Crippen molar-refractivity contribution in [3.8, 4) is 17.2 Å². The molecule has 0 aliphatic rings. The molecule has 0 bridgehead atoms. The molecule has 0 fully saturated rings. The molecule has 0 saturated heterocycles. The summed E-state index contributed by atoms with van der Waals surface area (Å²) in [6.45, 7) is 3.89. The van der Waals surface area contributed by atoms with Gasteiger partial charge in [-0.25, -0.2) is 0 Å². The van der Waals surface area contributed by atoms with Gasteiger partial charge in [0.1, 0.15) is 17.2 Å². The smallest absolute Gasteiger partial charge is 0.133 e. The monoisotopic (exact) mass is 277 g/mol. The molecule has 2 aromatic carbocycles. The molecule has 0 heterocycles. The van der Waals surface area contributed by atoms with Gasteiger partial charge in [-0.05, 0) is 37.1 Å². The minimum absolute atomic E-state index is 0.594.